The molecule has 0 heterocycles. The molecule has 15 heteroatoms. The predicted octanol–water partition coefficient (Wildman–Crippen LogP) is -2.09. The molecule has 0 saturated carbocycles. The van der Waals surface area contributed by atoms with Crippen molar-refractivity contribution in [1.29, 1.82) is 0 Å². The maximum atomic E-state index is 12.9. The Balaban J connectivity index is 3.08. The van der Waals surface area contributed by atoms with E-state index in [1.54, 1.807) is 0 Å². The molecule has 0 aliphatic carbocycles. The van der Waals surface area contributed by atoms with Crippen LogP contribution in [0, 0.1) is 0 Å². The van der Waals surface area contributed by atoms with Crippen molar-refractivity contribution in [2.75, 3.05) is 0 Å². The van der Waals surface area contributed by atoms with Gasteiger partial charge in [-0.2, -0.15) is 0 Å². The number of amides is 3. The van der Waals surface area contributed by atoms with Gasteiger partial charge in [0, 0.05) is 19.3 Å². The van der Waals surface area contributed by atoms with Crippen LogP contribution >= 0.6 is 0 Å². The van der Waals surface area contributed by atoms with Crippen LogP contribution in [0.15, 0.2) is 24.3 Å². The summed E-state index contributed by atoms with van der Waals surface area (Å²) >= 11 is 0. The van der Waals surface area contributed by atoms with E-state index in [-0.39, 0.29) is 12.2 Å². The fourth-order valence-electron chi connectivity index (χ4n) is 3.17. The number of hydrogen-bond donors (Lipinski definition) is 9. The minimum Gasteiger partial charge on any atom is -0.508 e. The van der Waals surface area contributed by atoms with E-state index in [0.717, 1.165) is 0 Å². The summed E-state index contributed by atoms with van der Waals surface area (Å²) in [5.41, 5.74) is 5.99. The Morgan fingerprint density at radius 2 is 1.18 bits per heavy atom. The maximum absolute atomic E-state index is 12.9. The Morgan fingerprint density at radius 1 is 0.763 bits per heavy atom. The van der Waals surface area contributed by atoms with Crippen LogP contribution in [0.2, 0.25) is 0 Å². The molecule has 1 aromatic rings. The van der Waals surface area contributed by atoms with Crippen molar-refractivity contribution < 1.29 is 54.3 Å². The van der Waals surface area contributed by atoms with Gasteiger partial charge in [0.15, 0.2) is 0 Å². The molecule has 5 atom stereocenters. The van der Waals surface area contributed by atoms with Gasteiger partial charge in [-0.25, -0.2) is 4.79 Å². The number of carbonyl (C=O) groups excluding carboxylic acids is 3. The SMILES string of the molecule is C[C@@H](O)[C@H](N)C(=O)N[C@@H](CCC(=O)O)C(=O)N[C@@H](CCC(=O)O)C(=O)N[C@@H](Cc1ccc(O)cc1)C(=O)O. The van der Waals surface area contributed by atoms with E-state index in [9.17, 15) is 44.1 Å². The summed E-state index contributed by atoms with van der Waals surface area (Å²) in [7, 11) is 0. The van der Waals surface area contributed by atoms with E-state index < -0.39 is 91.6 Å². The summed E-state index contributed by atoms with van der Waals surface area (Å²) in [4.78, 5) is 71.9. The van der Waals surface area contributed by atoms with Gasteiger partial charge in [0.05, 0.1) is 6.10 Å². The number of nitrogens with two attached hydrogens (primary N) is 1. The first-order valence-electron chi connectivity index (χ1n) is 11.5. The second-order valence-corrected chi connectivity index (χ2v) is 8.52. The van der Waals surface area contributed by atoms with E-state index in [4.69, 9.17) is 15.9 Å². The van der Waals surface area contributed by atoms with Gasteiger partial charge in [-0.15, -0.1) is 0 Å². The number of carboxylic acid groups (broad SMARTS) is 3. The molecule has 0 aliphatic heterocycles. The summed E-state index contributed by atoms with van der Waals surface area (Å²) in [5, 5.41) is 53.1. The minimum absolute atomic E-state index is 0.0555. The molecule has 10 N–H and O–H groups in total. The smallest absolute Gasteiger partial charge is 0.326 e. The standard InChI is InChI=1S/C23H32N4O11/c1-11(28)19(24)22(36)26-15(7-9-18(32)33)20(34)25-14(6-8-17(30)31)21(35)27-16(23(37)38)10-12-2-4-13(29)5-3-12/h2-5,11,14-16,19,28-29H,6-10,24H2,1H3,(H,25,34)(H,26,36)(H,27,35)(H,30,31)(H,32,33)(H,37,38)/t11-,14+,15+,16+,19+/m1/s1. The zero-order valence-corrected chi connectivity index (χ0v) is 20.5. The monoisotopic (exact) mass is 540 g/mol. The molecule has 1 rings (SSSR count). The van der Waals surface area contributed by atoms with Crippen molar-refractivity contribution in [3.05, 3.63) is 29.8 Å². The number of nitrogens with one attached hydrogen (secondary N) is 3. The molecule has 0 unspecified atom stereocenters. The second-order valence-electron chi connectivity index (χ2n) is 8.52. The molecule has 0 aliphatic rings. The average Bonchev–Trinajstić information content (AvgIpc) is 2.83. The van der Waals surface area contributed by atoms with Crippen LogP contribution in [0.1, 0.15) is 38.2 Å². The second kappa shape index (κ2) is 15.1. The lowest BCUT2D eigenvalue weighted by atomic mass is 10.0. The van der Waals surface area contributed by atoms with Gasteiger partial charge in [-0.05, 0) is 37.5 Å². The minimum atomic E-state index is -1.56. The van der Waals surface area contributed by atoms with Crippen molar-refractivity contribution in [3.63, 3.8) is 0 Å². The molecule has 0 radical (unpaired) electrons. The number of aliphatic hydroxyl groups is 1. The third-order valence-corrected chi connectivity index (χ3v) is 5.37. The largest absolute Gasteiger partial charge is 0.508 e. The first-order chi connectivity index (χ1) is 17.7. The van der Waals surface area contributed by atoms with Crippen molar-refractivity contribution in [2.45, 2.75) is 69.3 Å². The van der Waals surface area contributed by atoms with Gasteiger partial charge < -0.3 is 47.2 Å². The fraction of sp³-hybridized carbons (Fsp3) is 0.478. The number of aromatic hydroxyl groups is 1. The maximum Gasteiger partial charge on any atom is 0.326 e. The third-order valence-electron chi connectivity index (χ3n) is 5.37. The van der Waals surface area contributed by atoms with E-state index in [1.165, 1.54) is 31.2 Å². The van der Waals surface area contributed by atoms with Crippen LogP contribution in [-0.4, -0.2) is 91.4 Å². The average molecular weight is 541 g/mol. The van der Waals surface area contributed by atoms with Crippen molar-refractivity contribution in [1.82, 2.24) is 16.0 Å². The molecule has 0 bridgehead atoms. The van der Waals surface area contributed by atoms with E-state index >= 15 is 0 Å². The summed E-state index contributed by atoms with van der Waals surface area (Å²) < 4.78 is 0. The van der Waals surface area contributed by atoms with Crippen LogP contribution in [-0.2, 0) is 35.2 Å². The molecule has 0 fully saturated rings. The van der Waals surface area contributed by atoms with Gasteiger partial charge in [0.1, 0.15) is 29.9 Å². The summed E-state index contributed by atoms with van der Waals surface area (Å²) in [6.45, 7) is 1.22. The predicted molar refractivity (Wildman–Crippen MR) is 129 cm³/mol. The number of aliphatic carboxylic acids is 3. The lowest BCUT2D eigenvalue weighted by Gasteiger charge is -2.25. The van der Waals surface area contributed by atoms with Crippen LogP contribution < -0.4 is 21.7 Å². The molecule has 3 amide bonds. The highest BCUT2D eigenvalue weighted by molar-refractivity contribution is 5.94. The van der Waals surface area contributed by atoms with Crippen molar-refractivity contribution in [2.24, 2.45) is 5.73 Å². The lowest BCUT2D eigenvalue weighted by molar-refractivity contribution is -0.143. The fourth-order valence-corrected chi connectivity index (χ4v) is 3.17. The van der Waals surface area contributed by atoms with Crippen LogP contribution in [0.4, 0.5) is 0 Å². The van der Waals surface area contributed by atoms with E-state index in [0.29, 0.717) is 5.56 Å². The van der Waals surface area contributed by atoms with Gasteiger partial charge in [-0.3, -0.25) is 24.0 Å². The molecular formula is C23H32N4O11. The topological polar surface area (TPSA) is 266 Å². The number of hydrogen-bond acceptors (Lipinski definition) is 9. The Morgan fingerprint density at radius 3 is 1.58 bits per heavy atom. The number of phenols is 1. The Kier molecular flexibility index (Phi) is 12.6. The number of carboxylic acids is 3. The number of phenolic OH excluding ortho intramolecular Hbond substituents is 1. The molecule has 0 saturated heterocycles. The molecule has 15 nitrogen and oxygen atoms in total. The van der Waals surface area contributed by atoms with E-state index in [1.807, 2.05) is 0 Å². The normalized spacial score (nSPS) is 14.7. The highest BCUT2D eigenvalue weighted by atomic mass is 16.4. The van der Waals surface area contributed by atoms with Gasteiger partial charge in [0.2, 0.25) is 17.7 Å². The van der Waals surface area contributed by atoms with E-state index in [2.05, 4.69) is 16.0 Å². The van der Waals surface area contributed by atoms with Gasteiger partial charge in [0.25, 0.3) is 0 Å². The highest BCUT2D eigenvalue weighted by Gasteiger charge is 2.31. The zero-order chi connectivity index (χ0) is 29.0. The third kappa shape index (κ3) is 11.2. The molecule has 1 aromatic carbocycles. The van der Waals surface area contributed by atoms with Crippen LogP contribution in [0.25, 0.3) is 0 Å². The van der Waals surface area contributed by atoms with Crippen molar-refractivity contribution >= 4 is 35.6 Å². The van der Waals surface area contributed by atoms with Gasteiger partial charge in [-0.1, -0.05) is 12.1 Å². The van der Waals surface area contributed by atoms with Gasteiger partial charge >= 0.3 is 17.9 Å². The first kappa shape index (κ1) is 31.8. The van der Waals surface area contributed by atoms with Crippen LogP contribution in [0.5, 0.6) is 5.75 Å². The highest BCUT2D eigenvalue weighted by Crippen LogP contribution is 2.12. The number of carbonyl (C=O) groups is 6. The van der Waals surface area contributed by atoms with Crippen LogP contribution in [0.3, 0.4) is 0 Å². The summed E-state index contributed by atoms with van der Waals surface area (Å²) in [6.07, 6.45) is -3.53. The number of rotatable bonds is 16. The number of aliphatic hydroxyl groups excluding tert-OH is 1. The molecular weight excluding hydrogens is 508 g/mol. The summed E-state index contributed by atoms with van der Waals surface area (Å²) in [6, 6.07) is -0.489. The first-order valence-corrected chi connectivity index (χ1v) is 11.5. The Hall–Kier alpha value is -4.24. The molecule has 0 aromatic heterocycles. The summed E-state index contributed by atoms with van der Waals surface area (Å²) in [5.74, 6) is -7.14. The Labute approximate surface area is 217 Å². The Bertz CT molecular complexity index is 1010. The lowest BCUT2D eigenvalue weighted by Crippen LogP contribution is -2.58. The van der Waals surface area contributed by atoms with Crippen molar-refractivity contribution in [3.8, 4) is 5.75 Å². The molecule has 210 valence electrons. The number of benzene rings is 1. The zero-order valence-electron chi connectivity index (χ0n) is 20.5. The quantitative estimate of drug-likeness (QED) is 0.109. The molecule has 38 heavy (non-hydrogen) atoms. The molecule has 0 spiro atoms.